The van der Waals surface area contributed by atoms with E-state index in [-0.39, 0.29) is 23.8 Å². The first-order valence-electron chi connectivity index (χ1n) is 6.84. The molecule has 0 aromatic heterocycles. The number of aryl methyl sites for hydroxylation is 1. The van der Waals surface area contributed by atoms with Crippen molar-refractivity contribution in [2.45, 2.75) is 19.4 Å². The van der Waals surface area contributed by atoms with E-state index in [1.807, 2.05) is 44.2 Å². The highest BCUT2D eigenvalue weighted by Crippen LogP contribution is 2.23. The van der Waals surface area contributed by atoms with Gasteiger partial charge in [-0.2, -0.15) is 0 Å². The molecule has 0 aliphatic carbocycles. The van der Waals surface area contributed by atoms with Gasteiger partial charge in [0.15, 0.2) is 0 Å². The molecule has 0 saturated carbocycles. The number of carbonyl (C=O) groups is 1. The monoisotopic (exact) mass is 284 g/mol. The molecule has 4 nitrogen and oxygen atoms in total. The molecule has 2 aromatic carbocycles. The van der Waals surface area contributed by atoms with Crippen molar-refractivity contribution in [1.82, 2.24) is 5.32 Å². The Kier molecular flexibility index (Phi) is 4.29. The van der Waals surface area contributed by atoms with Gasteiger partial charge in [-0.3, -0.25) is 4.79 Å². The number of carbonyl (C=O) groups excluding carboxylic acids is 1. The van der Waals surface area contributed by atoms with E-state index in [0.717, 1.165) is 11.1 Å². The van der Waals surface area contributed by atoms with Gasteiger partial charge in [-0.25, -0.2) is 0 Å². The average molecular weight is 284 g/mol. The van der Waals surface area contributed by atoms with Crippen LogP contribution in [0.3, 0.4) is 0 Å². The lowest BCUT2D eigenvalue weighted by Gasteiger charge is -2.30. The molecule has 21 heavy (non-hydrogen) atoms. The molecular weight excluding hydrogens is 264 g/mol. The van der Waals surface area contributed by atoms with Gasteiger partial charge in [0.2, 0.25) is 0 Å². The fourth-order valence-corrected chi connectivity index (χ4v) is 2.20. The largest absolute Gasteiger partial charge is 0.507 e. The quantitative estimate of drug-likeness (QED) is 0.806. The number of nitrogens with one attached hydrogen (secondary N) is 1. The molecule has 0 heterocycles. The molecule has 1 atom stereocenters. The summed E-state index contributed by atoms with van der Waals surface area (Å²) in [6, 6.07) is 14.5. The fourth-order valence-electron chi connectivity index (χ4n) is 2.20. The van der Waals surface area contributed by atoms with E-state index in [4.69, 9.17) is 5.73 Å². The molecule has 0 aliphatic heterocycles. The van der Waals surface area contributed by atoms with E-state index in [1.165, 1.54) is 0 Å². The van der Waals surface area contributed by atoms with Crippen LogP contribution in [0.15, 0.2) is 48.5 Å². The van der Waals surface area contributed by atoms with Crippen molar-refractivity contribution >= 4 is 5.91 Å². The summed E-state index contributed by atoms with van der Waals surface area (Å²) in [5, 5.41) is 12.8. The summed E-state index contributed by atoms with van der Waals surface area (Å²) in [6.07, 6.45) is 0. The van der Waals surface area contributed by atoms with E-state index in [1.54, 1.807) is 18.2 Å². The standard InChI is InChI=1S/C17H20N2O2/c1-12-8-9-14(15(20)10-12)16(21)19-17(2,11-18)13-6-4-3-5-7-13/h3-10,20H,11,18H2,1-2H3,(H,19,21). The Morgan fingerprint density at radius 3 is 2.48 bits per heavy atom. The first kappa shape index (κ1) is 15.1. The third kappa shape index (κ3) is 3.23. The van der Waals surface area contributed by atoms with Gasteiger partial charge in [0, 0.05) is 6.54 Å². The van der Waals surface area contributed by atoms with Crippen LogP contribution in [0.1, 0.15) is 28.4 Å². The molecule has 4 heteroatoms. The predicted molar refractivity (Wildman–Crippen MR) is 83.2 cm³/mol. The van der Waals surface area contributed by atoms with Crippen LogP contribution in [0.2, 0.25) is 0 Å². The molecule has 0 fully saturated rings. The third-order valence-electron chi connectivity index (χ3n) is 3.61. The second-order valence-electron chi connectivity index (χ2n) is 5.38. The van der Waals surface area contributed by atoms with Crippen LogP contribution in [0.25, 0.3) is 0 Å². The van der Waals surface area contributed by atoms with E-state index >= 15 is 0 Å². The van der Waals surface area contributed by atoms with E-state index < -0.39 is 5.54 Å². The van der Waals surface area contributed by atoms with Crippen molar-refractivity contribution in [2.24, 2.45) is 5.73 Å². The van der Waals surface area contributed by atoms with Crippen molar-refractivity contribution in [1.29, 1.82) is 0 Å². The minimum absolute atomic E-state index is 0.0278. The SMILES string of the molecule is Cc1ccc(C(=O)NC(C)(CN)c2ccccc2)c(O)c1. The number of benzene rings is 2. The number of phenols is 1. The molecule has 2 rings (SSSR count). The molecule has 2 aromatic rings. The van der Waals surface area contributed by atoms with Crippen LogP contribution in [0.5, 0.6) is 5.75 Å². The van der Waals surface area contributed by atoms with Crippen LogP contribution in [-0.2, 0) is 5.54 Å². The second kappa shape index (κ2) is 5.97. The summed E-state index contributed by atoms with van der Waals surface area (Å²) in [5.74, 6) is -0.371. The van der Waals surface area contributed by atoms with Gasteiger partial charge in [-0.1, -0.05) is 36.4 Å². The van der Waals surface area contributed by atoms with Gasteiger partial charge < -0.3 is 16.2 Å². The van der Waals surface area contributed by atoms with E-state index in [2.05, 4.69) is 5.32 Å². The number of hydrogen-bond donors (Lipinski definition) is 3. The van der Waals surface area contributed by atoms with Crippen molar-refractivity contribution in [3.63, 3.8) is 0 Å². The minimum Gasteiger partial charge on any atom is -0.507 e. The maximum Gasteiger partial charge on any atom is 0.255 e. The number of hydrogen-bond acceptors (Lipinski definition) is 3. The Labute approximate surface area is 124 Å². The highest BCUT2D eigenvalue weighted by molar-refractivity contribution is 5.97. The summed E-state index contributed by atoms with van der Waals surface area (Å²) >= 11 is 0. The average Bonchev–Trinajstić information content (AvgIpc) is 2.47. The number of rotatable bonds is 4. The van der Waals surface area contributed by atoms with Gasteiger partial charge in [-0.15, -0.1) is 0 Å². The van der Waals surface area contributed by atoms with Crippen LogP contribution >= 0.6 is 0 Å². The Balaban J connectivity index is 2.28. The van der Waals surface area contributed by atoms with Crippen molar-refractivity contribution in [2.75, 3.05) is 6.54 Å². The van der Waals surface area contributed by atoms with Crippen molar-refractivity contribution in [3.8, 4) is 5.75 Å². The Bertz CT molecular complexity index is 640. The molecular formula is C17H20N2O2. The Morgan fingerprint density at radius 2 is 1.90 bits per heavy atom. The van der Waals surface area contributed by atoms with Crippen molar-refractivity contribution < 1.29 is 9.90 Å². The summed E-state index contributed by atoms with van der Waals surface area (Å²) in [7, 11) is 0. The highest BCUT2D eigenvalue weighted by atomic mass is 16.3. The predicted octanol–water partition coefficient (Wildman–Crippen LogP) is 2.30. The second-order valence-corrected chi connectivity index (χ2v) is 5.38. The van der Waals surface area contributed by atoms with Crippen LogP contribution < -0.4 is 11.1 Å². The summed E-state index contributed by atoms with van der Waals surface area (Å²) in [5.41, 5.74) is 7.23. The van der Waals surface area contributed by atoms with Gasteiger partial charge in [-0.05, 0) is 37.1 Å². The van der Waals surface area contributed by atoms with Crippen LogP contribution in [-0.4, -0.2) is 17.6 Å². The number of aromatic hydroxyl groups is 1. The molecule has 0 aliphatic rings. The van der Waals surface area contributed by atoms with Gasteiger partial charge in [0.05, 0.1) is 11.1 Å². The zero-order valence-corrected chi connectivity index (χ0v) is 12.3. The first-order valence-corrected chi connectivity index (χ1v) is 6.84. The lowest BCUT2D eigenvalue weighted by molar-refractivity contribution is 0.0905. The van der Waals surface area contributed by atoms with E-state index in [9.17, 15) is 9.90 Å². The maximum absolute atomic E-state index is 12.4. The molecule has 0 bridgehead atoms. The van der Waals surface area contributed by atoms with Crippen LogP contribution in [0, 0.1) is 6.92 Å². The molecule has 110 valence electrons. The molecule has 0 radical (unpaired) electrons. The normalized spacial score (nSPS) is 13.5. The van der Waals surface area contributed by atoms with E-state index in [0.29, 0.717) is 0 Å². The smallest absolute Gasteiger partial charge is 0.255 e. The number of amides is 1. The lowest BCUT2D eigenvalue weighted by atomic mass is 9.91. The third-order valence-corrected chi connectivity index (χ3v) is 3.61. The maximum atomic E-state index is 12.4. The molecule has 0 spiro atoms. The highest BCUT2D eigenvalue weighted by Gasteiger charge is 2.28. The van der Waals surface area contributed by atoms with Crippen LogP contribution in [0.4, 0.5) is 0 Å². The number of nitrogens with two attached hydrogens (primary N) is 1. The zero-order chi connectivity index (χ0) is 15.5. The summed E-state index contributed by atoms with van der Waals surface area (Å²) in [4.78, 5) is 12.4. The summed E-state index contributed by atoms with van der Waals surface area (Å²) in [6.45, 7) is 3.98. The van der Waals surface area contributed by atoms with Gasteiger partial charge in [0.25, 0.3) is 5.91 Å². The molecule has 1 amide bonds. The molecule has 1 unspecified atom stereocenters. The van der Waals surface area contributed by atoms with Gasteiger partial charge >= 0.3 is 0 Å². The molecule has 4 N–H and O–H groups in total. The van der Waals surface area contributed by atoms with Gasteiger partial charge in [0.1, 0.15) is 5.75 Å². The minimum atomic E-state index is -0.685. The lowest BCUT2D eigenvalue weighted by Crippen LogP contribution is -2.48. The first-order chi connectivity index (χ1) is 9.96. The molecule has 0 saturated heterocycles. The Hall–Kier alpha value is -2.33. The Morgan fingerprint density at radius 1 is 1.24 bits per heavy atom. The van der Waals surface area contributed by atoms with Crippen molar-refractivity contribution in [3.05, 3.63) is 65.2 Å². The zero-order valence-electron chi connectivity index (χ0n) is 12.3. The number of phenolic OH excluding ortho intramolecular Hbond substituents is 1. The topological polar surface area (TPSA) is 75.4 Å². The summed E-state index contributed by atoms with van der Waals surface area (Å²) < 4.78 is 0. The fraction of sp³-hybridized carbons (Fsp3) is 0.235.